The SMILES string of the molecule is CON(C)C(=O)c1ccc(-c2nnco2)cc1. The Labute approximate surface area is 97.8 Å². The van der Waals surface area contributed by atoms with Crippen molar-refractivity contribution in [2.75, 3.05) is 14.2 Å². The summed E-state index contributed by atoms with van der Waals surface area (Å²) < 4.78 is 5.05. The molecule has 1 heterocycles. The van der Waals surface area contributed by atoms with Gasteiger partial charge in [0.25, 0.3) is 5.91 Å². The summed E-state index contributed by atoms with van der Waals surface area (Å²) in [5.74, 6) is 0.202. The van der Waals surface area contributed by atoms with Crippen LogP contribution < -0.4 is 0 Å². The van der Waals surface area contributed by atoms with E-state index in [2.05, 4.69) is 10.2 Å². The Morgan fingerprint density at radius 1 is 1.35 bits per heavy atom. The summed E-state index contributed by atoms with van der Waals surface area (Å²) in [6, 6.07) is 6.84. The summed E-state index contributed by atoms with van der Waals surface area (Å²) in [4.78, 5) is 16.5. The molecule has 1 aromatic carbocycles. The molecule has 0 aliphatic carbocycles. The number of carbonyl (C=O) groups is 1. The second-order valence-corrected chi connectivity index (χ2v) is 3.31. The molecule has 6 nitrogen and oxygen atoms in total. The number of hydroxylamine groups is 2. The maximum Gasteiger partial charge on any atom is 0.277 e. The number of benzene rings is 1. The normalized spacial score (nSPS) is 10.2. The van der Waals surface area contributed by atoms with E-state index in [1.165, 1.54) is 13.5 Å². The van der Waals surface area contributed by atoms with Gasteiger partial charge >= 0.3 is 0 Å². The molecule has 0 aliphatic rings. The van der Waals surface area contributed by atoms with Gasteiger partial charge in [-0.2, -0.15) is 0 Å². The Bertz CT molecular complexity index is 493. The highest BCUT2D eigenvalue weighted by Gasteiger charge is 2.11. The van der Waals surface area contributed by atoms with Crippen molar-refractivity contribution in [3.63, 3.8) is 0 Å². The van der Waals surface area contributed by atoms with Crippen molar-refractivity contribution in [2.45, 2.75) is 0 Å². The fourth-order valence-corrected chi connectivity index (χ4v) is 1.32. The minimum atomic E-state index is -0.218. The zero-order valence-corrected chi connectivity index (χ0v) is 9.45. The van der Waals surface area contributed by atoms with Crippen molar-refractivity contribution >= 4 is 5.91 Å². The van der Waals surface area contributed by atoms with Gasteiger partial charge in [0.15, 0.2) is 0 Å². The first-order valence-corrected chi connectivity index (χ1v) is 4.91. The zero-order valence-electron chi connectivity index (χ0n) is 9.45. The molecule has 0 N–H and O–H groups in total. The van der Waals surface area contributed by atoms with Crippen LogP contribution in [0.3, 0.4) is 0 Å². The van der Waals surface area contributed by atoms with E-state index < -0.39 is 0 Å². The Morgan fingerprint density at radius 3 is 2.59 bits per heavy atom. The number of hydrogen-bond acceptors (Lipinski definition) is 5. The summed E-state index contributed by atoms with van der Waals surface area (Å²) >= 11 is 0. The van der Waals surface area contributed by atoms with Crippen LogP contribution in [0.15, 0.2) is 35.1 Å². The molecule has 6 heteroatoms. The third-order valence-corrected chi connectivity index (χ3v) is 2.30. The fraction of sp³-hybridized carbons (Fsp3) is 0.182. The van der Waals surface area contributed by atoms with E-state index in [1.807, 2.05) is 0 Å². The van der Waals surface area contributed by atoms with Crippen molar-refractivity contribution in [3.05, 3.63) is 36.2 Å². The van der Waals surface area contributed by atoms with Crippen molar-refractivity contribution in [1.29, 1.82) is 0 Å². The Kier molecular flexibility index (Phi) is 3.15. The minimum Gasteiger partial charge on any atom is -0.423 e. The molecule has 1 aromatic heterocycles. The molecule has 0 fully saturated rings. The van der Waals surface area contributed by atoms with Gasteiger partial charge < -0.3 is 4.42 Å². The molecule has 0 spiro atoms. The van der Waals surface area contributed by atoms with Crippen molar-refractivity contribution < 1.29 is 14.0 Å². The lowest BCUT2D eigenvalue weighted by Crippen LogP contribution is -2.25. The van der Waals surface area contributed by atoms with E-state index in [0.29, 0.717) is 11.5 Å². The first-order chi connectivity index (χ1) is 8.22. The molecule has 17 heavy (non-hydrogen) atoms. The molecular formula is C11H11N3O3. The van der Waals surface area contributed by atoms with Crippen LogP contribution in [0.25, 0.3) is 11.5 Å². The van der Waals surface area contributed by atoms with Gasteiger partial charge in [-0.25, -0.2) is 5.06 Å². The second-order valence-electron chi connectivity index (χ2n) is 3.31. The van der Waals surface area contributed by atoms with Gasteiger partial charge in [-0.15, -0.1) is 10.2 Å². The monoisotopic (exact) mass is 233 g/mol. The first-order valence-electron chi connectivity index (χ1n) is 4.91. The molecule has 1 amide bonds. The highest BCUT2D eigenvalue weighted by Crippen LogP contribution is 2.17. The minimum absolute atomic E-state index is 0.218. The van der Waals surface area contributed by atoms with Crippen molar-refractivity contribution in [2.24, 2.45) is 0 Å². The predicted octanol–water partition coefficient (Wildman–Crippen LogP) is 1.37. The van der Waals surface area contributed by atoms with E-state index in [-0.39, 0.29) is 5.91 Å². The molecule has 0 bridgehead atoms. The zero-order chi connectivity index (χ0) is 12.3. The molecule has 0 radical (unpaired) electrons. The topological polar surface area (TPSA) is 68.5 Å². The lowest BCUT2D eigenvalue weighted by atomic mass is 10.1. The predicted molar refractivity (Wildman–Crippen MR) is 58.8 cm³/mol. The lowest BCUT2D eigenvalue weighted by Gasteiger charge is -2.13. The average molecular weight is 233 g/mol. The smallest absolute Gasteiger partial charge is 0.277 e. The molecule has 2 rings (SSSR count). The van der Waals surface area contributed by atoms with Crippen LogP contribution in [0.4, 0.5) is 0 Å². The van der Waals surface area contributed by atoms with Gasteiger partial charge in [0, 0.05) is 18.2 Å². The quantitative estimate of drug-likeness (QED) is 0.749. The van der Waals surface area contributed by atoms with E-state index in [9.17, 15) is 4.79 Å². The number of nitrogens with zero attached hydrogens (tertiary/aromatic N) is 3. The third kappa shape index (κ3) is 2.31. The summed E-state index contributed by atoms with van der Waals surface area (Å²) in [5.41, 5.74) is 1.29. The van der Waals surface area contributed by atoms with Crippen molar-refractivity contribution in [1.82, 2.24) is 15.3 Å². The third-order valence-electron chi connectivity index (χ3n) is 2.30. The largest absolute Gasteiger partial charge is 0.423 e. The van der Waals surface area contributed by atoms with Gasteiger partial charge in [0.05, 0.1) is 7.11 Å². The first kappa shape index (κ1) is 11.3. The number of amides is 1. The van der Waals surface area contributed by atoms with Gasteiger partial charge in [0.1, 0.15) is 0 Å². The van der Waals surface area contributed by atoms with Crippen molar-refractivity contribution in [3.8, 4) is 11.5 Å². The van der Waals surface area contributed by atoms with Crippen LogP contribution in [0.1, 0.15) is 10.4 Å². The maximum absolute atomic E-state index is 11.7. The molecule has 88 valence electrons. The van der Waals surface area contributed by atoms with E-state index in [4.69, 9.17) is 9.25 Å². The Hall–Kier alpha value is -2.21. The van der Waals surface area contributed by atoms with Crippen LogP contribution in [0, 0.1) is 0 Å². The van der Waals surface area contributed by atoms with Crippen LogP contribution in [-0.2, 0) is 4.84 Å². The van der Waals surface area contributed by atoms with E-state index in [1.54, 1.807) is 31.3 Å². The average Bonchev–Trinajstić information content (AvgIpc) is 2.91. The molecule has 0 saturated carbocycles. The summed E-state index contributed by atoms with van der Waals surface area (Å²) in [5, 5.41) is 8.52. The highest BCUT2D eigenvalue weighted by molar-refractivity contribution is 5.93. The molecule has 0 aliphatic heterocycles. The Balaban J connectivity index is 2.22. The molecule has 0 unspecified atom stereocenters. The molecule has 0 atom stereocenters. The molecular weight excluding hydrogens is 222 g/mol. The Morgan fingerprint density at radius 2 is 2.06 bits per heavy atom. The van der Waals surface area contributed by atoms with Crippen LogP contribution >= 0.6 is 0 Å². The fourth-order valence-electron chi connectivity index (χ4n) is 1.32. The van der Waals surface area contributed by atoms with E-state index in [0.717, 1.165) is 10.6 Å². The highest BCUT2D eigenvalue weighted by atomic mass is 16.7. The van der Waals surface area contributed by atoms with Crippen LogP contribution in [0.2, 0.25) is 0 Å². The maximum atomic E-state index is 11.7. The summed E-state index contributed by atoms with van der Waals surface area (Å²) in [7, 11) is 2.99. The van der Waals surface area contributed by atoms with Crippen LogP contribution in [-0.4, -0.2) is 35.3 Å². The standard InChI is InChI=1S/C11H11N3O3/c1-14(16-2)11(15)9-5-3-8(4-6-9)10-13-12-7-17-10/h3-7H,1-2H3. The summed E-state index contributed by atoms with van der Waals surface area (Å²) in [6.07, 6.45) is 1.26. The van der Waals surface area contributed by atoms with Crippen LogP contribution in [0.5, 0.6) is 0 Å². The molecule has 2 aromatic rings. The molecule has 0 saturated heterocycles. The van der Waals surface area contributed by atoms with E-state index >= 15 is 0 Å². The number of aromatic nitrogens is 2. The number of hydrogen-bond donors (Lipinski definition) is 0. The van der Waals surface area contributed by atoms with Gasteiger partial charge in [-0.1, -0.05) is 0 Å². The second kappa shape index (κ2) is 4.75. The lowest BCUT2D eigenvalue weighted by molar-refractivity contribution is -0.0756. The van der Waals surface area contributed by atoms with Gasteiger partial charge in [0.2, 0.25) is 12.3 Å². The summed E-state index contributed by atoms with van der Waals surface area (Å²) in [6.45, 7) is 0. The number of rotatable bonds is 3. The number of carbonyl (C=O) groups excluding carboxylic acids is 1. The van der Waals surface area contributed by atoms with Gasteiger partial charge in [-0.3, -0.25) is 9.63 Å². The van der Waals surface area contributed by atoms with Gasteiger partial charge in [-0.05, 0) is 24.3 Å².